The highest BCUT2D eigenvalue weighted by Gasteiger charge is 2.22. The summed E-state index contributed by atoms with van der Waals surface area (Å²) in [7, 11) is 1.90. The molecule has 0 saturated carbocycles. The average Bonchev–Trinajstić information content (AvgIpc) is 3.23. The average molecular weight is 364 g/mol. The normalized spacial score (nSPS) is 12.4. The predicted octanol–water partition coefficient (Wildman–Crippen LogP) is 2.79. The summed E-state index contributed by atoms with van der Waals surface area (Å²) in [6.45, 7) is 4.52. The first-order chi connectivity index (χ1) is 12.9. The Kier molecular flexibility index (Phi) is 4.11. The molecule has 6 heteroatoms. The number of hydrogen-bond acceptors (Lipinski definition) is 4. The highest BCUT2D eigenvalue weighted by Crippen LogP contribution is 2.32. The van der Waals surface area contributed by atoms with Crippen molar-refractivity contribution in [2.75, 3.05) is 12.5 Å². The maximum Gasteiger partial charge on any atom is 0.355 e. The van der Waals surface area contributed by atoms with E-state index in [0.717, 1.165) is 11.3 Å². The van der Waals surface area contributed by atoms with Gasteiger partial charge in [0.2, 0.25) is 6.79 Å². The number of nitrogen functional groups attached to an aromatic ring is 1. The summed E-state index contributed by atoms with van der Waals surface area (Å²) in [5.74, 6) is 1.75. The zero-order valence-corrected chi connectivity index (χ0v) is 15.7. The fourth-order valence-corrected chi connectivity index (χ4v) is 3.23. The molecular weight excluding hydrogens is 342 g/mol. The minimum atomic E-state index is -0.0396. The largest absolute Gasteiger partial charge is 0.454 e. The fourth-order valence-electron chi connectivity index (χ4n) is 3.23. The number of ketones is 1. The van der Waals surface area contributed by atoms with E-state index in [2.05, 4.69) is 32.0 Å². The van der Waals surface area contributed by atoms with Crippen LogP contribution in [0.4, 0.5) is 5.95 Å². The number of carbonyl (C=O) groups is 1. The molecule has 1 aromatic heterocycles. The summed E-state index contributed by atoms with van der Waals surface area (Å²) >= 11 is 0. The number of nitrogens with zero attached hydrogens (tertiary/aromatic N) is 2. The number of hydrogen-bond donors (Lipinski definition) is 1. The van der Waals surface area contributed by atoms with Crippen molar-refractivity contribution < 1.29 is 18.8 Å². The molecule has 0 saturated heterocycles. The summed E-state index contributed by atoms with van der Waals surface area (Å²) in [6, 6.07) is 11.5. The Morgan fingerprint density at radius 2 is 1.89 bits per heavy atom. The number of Topliss-reactive ketones (excluding diaryl/α,β-unsaturated/α-hetero) is 1. The zero-order chi connectivity index (χ0) is 19.1. The van der Waals surface area contributed by atoms with Gasteiger partial charge >= 0.3 is 5.95 Å². The molecule has 0 radical (unpaired) electrons. The molecule has 6 nitrogen and oxygen atoms in total. The number of anilines is 1. The first-order valence-electron chi connectivity index (χ1n) is 8.79. The Hall–Kier alpha value is -3.28. The van der Waals surface area contributed by atoms with Gasteiger partial charge < -0.3 is 9.47 Å². The monoisotopic (exact) mass is 364 g/mol. The van der Waals surface area contributed by atoms with E-state index in [9.17, 15) is 4.79 Å². The van der Waals surface area contributed by atoms with Gasteiger partial charge in [-0.3, -0.25) is 10.5 Å². The smallest absolute Gasteiger partial charge is 0.355 e. The number of benzene rings is 2. The maximum atomic E-state index is 12.7. The molecule has 0 spiro atoms. The Labute approximate surface area is 157 Å². The highest BCUT2D eigenvalue weighted by molar-refractivity contribution is 5.95. The second kappa shape index (κ2) is 6.46. The molecule has 0 bridgehead atoms. The van der Waals surface area contributed by atoms with Crippen LogP contribution in [0.1, 0.15) is 21.5 Å². The van der Waals surface area contributed by atoms with Crippen molar-refractivity contribution in [3.63, 3.8) is 0 Å². The second-order valence-electron chi connectivity index (χ2n) is 6.85. The number of nitrogens with two attached hydrogens (primary N) is 1. The van der Waals surface area contributed by atoms with E-state index in [0.29, 0.717) is 23.0 Å². The number of ether oxygens (including phenoxy) is 2. The van der Waals surface area contributed by atoms with E-state index in [4.69, 9.17) is 15.2 Å². The van der Waals surface area contributed by atoms with Crippen molar-refractivity contribution in [3.05, 3.63) is 59.3 Å². The van der Waals surface area contributed by atoms with Crippen molar-refractivity contribution in [2.24, 2.45) is 7.05 Å². The molecule has 0 amide bonds. The van der Waals surface area contributed by atoms with Crippen LogP contribution in [-0.2, 0) is 13.6 Å². The number of aryl methyl sites for hydroxylation is 2. The standard InChI is InChI=1S/C21H21N3O3/c1-13-4-5-15(8-14(13)2)17-10-24(21(22)23(17)3)11-18(25)16-6-7-19-20(9-16)27-12-26-19/h4-10,22H,11-12H2,1-3H3/p+1. The molecule has 3 aromatic rings. The van der Waals surface area contributed by atoms with Crippen molar-refractivity contribution in [3.8, 4) is 22.8 Å². The first-order valence-corrected chi connectivity index (χ1v) is 8.79. The van der Waals surface area contributed by atoms with Crippen molar-refractivity contribution >= 4 is 11.7 Å². The van der Waals surface area contributed by atoms with Gasteiger partial charge in [-0.25, -0.2) is 9.13 Å². The van der Waals surface area contributed by atoms with E-state index in [1.54, 1.807) is 22.8 Å². The minimum Gasteiger partial charge on any atom is -0.454 e. The quantitative estimate of drug-likeness (QED) is 0.571. The number of carbonyl (C=O) groups excluding carboxylic acids is 1. The highest BCUT2D eigenvalue weighted by atomic mass is 16.7. The van der Waals surface area contributed by atoms with Crippen LogP contribution in [0.3, 0.4) is 0 Å². The van der Waals surface area contributed by atoms with Gasteiger partial charge in [0.1, 0.15) is 18.4 Å². The Bertz CT molecular complexity index is 1050. The van der Waals surface area contributed by atoms with E-state index in [1.165, 1.54) is 11.1 Å². The number of fused-ring (bicyclic) bond motifs is 1. The molecule has 27 heavy (non-hydrogen) atoms. The van der Waals surface area contributed by atoms with Crippen molar-refractivity contribution in [1.29, 1.82) is 0 Å². The fraction of sp³-hybridized carbons (Fsp3) is 0.238. The third-order valence-corrected chi connectivity index (χ3v) is 5.09. The molecule has 2 aromatic carbocycles. The van der Waals surface area contributed by atoms with Gasteiger partial charge in [0, 0.05) is 11.1 Å². The molecule has 1 aliphatic rings. The molecular formula is C21H22N3O3+. The molecule has 2 N–H and O–H groups in total. The van der Waals surface area contributed by atoms with Gasteiger partial charge in [-0.05, 0) is 49.2 Å². The van der Waals surface area contributed by atoms with E-state index in [1.807, 2.05) is 17.8 Å². The van der Waals surface area contributed by atoms with Gasteiger partial charge in [0.05, 0.1) is 7.05 Å². The van der Waals surface area contributed by atoms with Gasteiger partial charge in [-0.1, -0.05) is 12.1 Å². The first kappa shape index (κ1) is 17.1. The van der Waals surface area contributed by atoms with E-state index >= 15 is 0 Å². The van der Waals surface area contributed by atoms with Crippen LogP contribution in [0.15, 0.2) is 42.6 Å². The zero-order valence-electron chi connectivity index (χ0n) is 15.7. The molecule has 0 atom stereocenters. The van der Waals surface area contributed by atoms with E-state index < -0.39 is 0 Å². The minimum absolute atomic E-state index is 0.0396. The number of imidazole rings is 1. The SMILES string of the molecule is Cc1ccc(-c2c[n+](CC(=O)c3ccc4c(c3)OCO4)c(N)n2C)cc1C. The van der Waals surface area contributed by atoms with Crippen LogP contribution in [-0.4, -0.2) is 17.1 Å². The van der Waals surface area contributed by atoms with Crippen LogP contribution < -0.4 is 19.8 Å². The molecule has 0 unspecified atom stereocenters. The van der Waals surface area contributed by atoms with Gasteiger partial charge in [0.15, 0.2) is 17.3 Å². The van der Waals surface area contributed by atoms with Crippen LogP contribution in [0, 0.1) is 13.8 Å². The molecule has 0 aliphatic carbocycles. The van der Waals surface area contributed by atoms with Crippen molar-refractivity contribution in [1.82, 2.24) is 4.57 Å². The predicted molar refractivity (Wildman–Crippen MR) is 102 cm³/mol. The summed E-state index contributed by atoms with van der Waals surface area (Å²) in [5, 5.41) is 0. The lowest BCUT2D eigenvalue weighted by molar-refractivity contribution is -0.667. The van der Waals surface area contributed by atoms with Crippen molar-refractivity contribution in [2.45, 2.75) is 20.4 Å². The lowest BCUT2D eigenvalue weighted by Crippen LogP contribution is -2.39. The second-order valence-corrected chi connectivity index (χ2v) is 6.85. The van der Waals surface area contributed by atoms with Gasteiger partial charge in [0.25, 0.3) is 0 Å². The van der Waals surface area contributed by atoms with Crippen LogP contribution >= 0.6 is 0 Å². The number of aromatic nitrogens is 2. The topological polar surface area (TPSA) is 70.4 Å². The van der Waals surface area contributed by atoms with Crippen LogP contribution in [0.25, 0.3) is 11.3 Å². The summed E-state index contributed by atoms with van der Waals surface area (Å²) in [6.07, 6.45) is 1.92. The molecule has 0 fully saturated rings. The summed E-state index contributed by atoms with van der Waals surface area (Å²) in [5.41, 5.74) is 11.3. The Morgan fingerprint density at radius 3 is 2.67 bits per heavy atom. The summed E-state index contributed by atoms with van der Waals surface area (Å²) in [4.78, 5) is 12.7. The lowest BCUT2D eigenvalue weighted by atomic mass is 10.0. The van der Waals surface area contributed by atoms with E-state index in [-0.39, 0.29) is 19.1 Å². The molecule has 2 heterocycles. The van der Waals surface area contributed by atoms with Crippen LogP contribution in [0.5, 0.6) is 11.5 Å². The Morgan fingerprint density at radius 1 is 1.11 bits per heavy atom. The molecule has 4 rings (SSSR count). The summed E-state index contributed by atoms with van der Waals surface area (Å²) < 4.78 is 14.3. The maximum absolute atomic E-state index is 12.7. The lowest BCUT2D eigenvalue weighted by Gasteiger charge is -2.03. The third-order valence-electron chi connectivity index (χ3n) is 5.09. The molecule has 138 valence electrons. The van der Waals surface area contributed by atoms with Crippen LogP contribution in [0.2, 0.25) is 0 Å². The Balaban J connectivity index is 1.63. The third kappa shape index (κ3) is 3.03. The number of rotatable bonds is 4. The van der Waals surface area contributed by atoms with Gasteiger partial charge in [-0.2, -0.15) is 0 Å². The molecule has 1 aliphatic heterocycles. The van der Waals surface area contributed by atoms with Gasteiger partial charge in [-0.15, -0.1) is 0 Å².